The predicted octanol–water partition coefficient (Wildman–Crippen LogP) is 3.67. The fourth-order valence-electron chi connectivity index (χ4n) is 2.65. The van der Waals surface area contributed by atoms with Crippen molar-refractivity contribution in [3.8, 4) is 0 Å². The van der Waals surface area contributed by atoms with Crippen molar-refractivity contribution in [3.63, 3.8) is 0 Å². The fraction of sp³-hybridized carbons (Fsp3) is 0.571. The average Bonchev–Trinajstić information content (AvgIpc) is 3.13. The predicted molar refractivity (Wildman–Crippen MR) is 85.6 cm³/mol. The molecule has 1 atom stereocenters. The van der Waals surface area contributed by atoms with E-state index >= 15 is 0 Å². The van der Waals surface area contributed by atoms with Crippen molar-refractivity contribution < 1.29 is 0 Å². The Balaban J connectivity index is 1.70. The molecule has 98 valence electrons. The minimum atomic E-state index is 0.665. The van der Waals surface area contributed by atoms with E-state index in [-0.39, 0.29) is 0 Å². The highest BCUT2D eigenvalue weighted by molar-refractivity contribution is 14.1. The van der Waals surface area contributed by atoms with Gasteiger partial charge in [-0.1, -0.05) is 11.6 Å². The second-order valence-electron chi connectivity index (χ2n) is 5.32. The molecule has 1 aliphatic heterocycles. The molecule has 1 unspecified atom stereocenters. The van der Waals surface area contributed by atoms with Gasteiger partial charge in [-0.25, -0.2) is 0 Å². The first-order chi connectivity index (χ1) is 8.72. The minimum Gasteiger partial charge on any atom is -0.369 e. The Bertz CT molecular complexity index is 434. The number of benzene rings is 1. The maximum Gasteiger partial charge on any atom is 0.0503 e. The van der Waals surface area contributed by atoms with E-state index in [1.165, 1.54) is 41.5 Å². The number of hydrogen-bond acceptors (Lipinski definition) is 2. The minimum absolute atomic E-state index is 0.665. The van der Waals surface area contributed by atoms with Gasteiger partial charge in [0.2, 0.25) is 0 Å². The van der Waals surface area contributed by atoms with Crippen molar-refractivity contribution in [3.05, 3.63) is 26.8 Å². The highest BCUT2D eigenvalue weighted by Gasteiger charge is 2.28. The van der Waals surface area contributed by atoms with Crippen LogP contribution in [0.25, 0.3) is 0 Å². The SMILES string of the molecule is Clc1ccc(N2CCCC(NC3CC3)C2)c(I)c1. The molecule has 1 heterocycles. The molecule has 1 aromatic carbocycles. The molecule has 1 aliphatic carbocycles. The van der Waals surface area contributed by atoms with Crippen LogP contribution >= 0.6 is 34.2 Å². The van der Waals surface area contributed by atoms with Gasteiger partial charge in [0.1, 0.15) is 0 Å². The van der Waals surface area contributed by atoms with Crippen LogP contribution in [0.3, 0.4) is 0 Å². The largest absolute Gasteiger partial charge is 0.369 e. The lowest BCUT2D eigenvalue weighted by atomic mass is 10.0. The second kappa shape index (κ2) is 5.55. The van der Waals surface area contributed by atoms with Crippen LogP contribution in [0.4, 0.5) is 5.69 Å². The van der Waals surface area contributed by atoms with Crippen molar-refractivity contribution in [1.82, 2.24) is 5.32 Å². The van der Waals surface area contributed by atoms with Gasteiger partial charge < -0.3 is 10.2 Å². The Morgan fingerprint density at radius 1 is 1.22 bits per heavy atom. The third kappa shape index (κ3) is 3.11. The molecule has 1 saturated heterocycles. The van der Waals surface area contributed by atoms with E-state index in [1.807, 2.05) is 6.07 Å². The molecule has 2 nitrogen and oxygen atoms in total. The molecule has 2 aliphatic rings. The van der Waals surface area contributed by atoms with Crippen LogP contribution in [-0.4, -0.2) is 25.2 Å². The van der Waals surface area contributed by atoms with E-state index in [4.69, 9.17) is 11.6 Å². The van der Waals surface area contributed by atoms with E-state index in [0.717, 1.165) is 17.6 Å². The Morgan fingerprint density at radius 3 is 2.78 bits per heavy atom. The van der Waals surface area contributed by atoms with E-state index in [1.54, 1.807) is 0 Å². The molecular formula is C14H18ClIN2. The number of halogens is 2. The first-order valence-corrected chi connectivity index (χ1v) is 8.14. The van der Waals surface area contributed by atoms with Gasteiger partial charge in [-0.05, 0) is 66.5 Å². The van der Waals surface area contributed by atoms with Gasteiger partial charge in [0.05, 0.1) is 5.69 Å². The number of piperidine rings is 1. The summed E-state index contributed by atoms with van der Waals surface area (Å²) in [5.74, 6) is 0. The van der Waals surface area contributed by atoms with Crippen molar-refractivity contribution in [2.45, 2.75) is 37.8 Å². The van der Waals surface area contributed by atoms with E-state index < -0.39 is 0 Å². The number of anilines is 1. The van der Waals surface area contributed by atoms with Crippen molar-refractivity contribution >= 4 is 39.9 Å². The summed E-state index contributed by atoms with van der Waals surface area (Å²) in [6.45, 7) is 2.30. The van der Waals surface area contributed by atoms with Crippen LogP contribution in [0, 0.1) is 3.57 Å². The second-order valence-corrected chi connectivity index (χ2v) is 6.92. The van der Waals surface area contributed by atoms with Gasteiger partial charge in [-0.3, -0.25) is 0 Å². The summed E-state index contributed by atoms with van der Waals surface area (Å²) >= 11 is 8.41. The highest BCUT2D eigenvalue weighted by atomic mass is 127. The molecule has 0 aromatic heterocycles. The summed E-state index contributed by atoms with van der Waals surface area (Å²) in [7, 11) is 0. The standard InChI is InChI=1S/C14H18ClIN2/c15-10-3-6-14(13(16)8-10)18-7-1-2-12(9-18)17-11-4-5-11/h3,6,8,11-12,17H,1-2,4-5,7,9H2. The molecule has 1 saturated carbocycles. The number of rotatable bonds is 3. The molecular weight excluding hydrogens is 359 g/mol. The van der Waals surface area contributed by atoms with Gasteiger partial charge in [0, 0.05) is 33.8 Å². The van der Waals surface area contributed by atoms with Gasteiger partial charge in [0.25, 0.3) is 0 Å². The smallest absolute Gasteiger partial charge is 0.0503 e. The molecule has 0 bridgehead atoms. The zero-order chi connectivity index (χ0) is 12.5. The molecule has 4 heteroatoms. The summed E-state index contributed by atoms with van der Waals surface area (Å²) in [5.41, 5.74) is 1.34. The van der Waals surface area contributed by atoms with E-state index in [2.05, 4.69) is 44.9 Å². The van der Waals surface area contributed by atoms with Crippen LogP contribution in [0.2, 0.25) is 5.02 Å². The third-order valence-corrected chi connectivity index (χ3v) is 4.82. The molecule has 1 aromatic rings. The molecule has 18 heavy (non-hydrogen) atoms. The molecule has 3 rings (SSSR count). The summed E-state index contributed by atoms with van der Waals surface area (Å²) in [5, 5.41) is 4.58. The molecule has 0 amide bonds. The van der Waals surface area contributed by atoms with Crippen LogP contribution < -0.4 is 10.2 Å². The number of nitrogens with one attached hydrogen (secondary N) is 1. The fourth-order valence-corrected chi connectivity index (χ4v) is 3.87. The lowest BCUT2D eigenvalue weighted by molar-refractivity contribution is 0.420. The Hall–Kier alpha value is -0.000000000000000111. The molecule has 2 fully saturated rings. The topological polar surface area (TPSA) is 15.3 Å². The van der Waals surface area contributed by atoms with Crippen molar-refractivity contribution in [2.24, 2.45) is 0 Å². The van der Waals surface area contributed by atoms with Crippen molar-refractivity contribution in [1.29, 1.82) is 0 Å². The average molecular weight is 377 g/mol. The lowest BCUT2D eigenvalue weighted by Crippen LogP contribution is -2.46. The summed E-state index contributed by atoms with van der Waals surface area (Å²) in [6.07, 6.45) is 5.34. The van der Waals surface area contributed by atoms with Crippen molar-refractivity contribution in [2.75, 3.05) is 18.0 Å². The summed E-state index contributed by atoms with van der Waals surface area (Å²) in [4.78, 5) is 2.50. The van der Waals surface area contributed by atoms with Crippen LogP contribution in [0.5, 0.6) is 0 Å². The van der Waals surface area contributed by atoms with E-state index in [9.17, 15) is 0 Å². The first kappa shape index (κ1) is 13.0. The monoisotopic (exact) mass is 376 g/mol. The van der Waals surface area contributed by atoms with Crippen LogP contribution in [0.1, 0.15) is 25.7 Å². The summed E-state index contributed by atoms with van der Waals surface area (Å²) in [6, 6.07) is 7.67. The van der Waals surface area contributed by atoms with Crippen LogP contribution in [-0.2, 0) is 0 Å². The Labute approximate surface area is 127 Å². The maximum absolute atomic E-state index is 6.03. The zero-order valence-corrected chi connectivity index (χ0v) is 13.2. The third-order valence-electron chi connectivity index (χ3n) is 3.72. The maximum atomic E-state index is 6.03. The normalized spacial score (nSPS) is 24.3. The molecule has 0 spiro atoms. The highest BCUT2D eigenvalue weighted by Crippen LogP contribution is 2.29. The molecule has 1 N–H and O–H groups in total. The zero-order valence-electron chi connectivity index (χ0n) is 10.3. The van der Waals surface area contributed by atoms with Gasteiger partial charge >= 0.3 is 0 Å². The number of nitrogens with zero attached hydrogens (tertiary/aromatic N) is 1. The summed E-state index contributed by atoms with van der Waals surface area (Å²) < 4.78 is 1.26. The number of hydrogen-bond donors (Lipinski definition) is 1. The lowest BCUT2D eigenvalue weighted by Gasteiger charge is -2.35. The first-order valence-electron chi connectivity index (χ1n) is 6.68. The van der Waals surface area contributed by atoms with Gasteiger partial charge in [0.15, 0.2) is 0 Å². The quantitative estimate of drug-likeness (QED) is 0.810. The van der Waals surface area contributed by atoms with Crippen LogP contribution in [0.15, 0.2) is 18.2 Å². The Kier molecular flexibility index (Phi) is 4.01. The van der Waals surface area contributed by atoms with E-state index in [0.29, 0.717) is 6.04 Å². The Morgan fingerprint density at radius 2 is 2.06 bits per heavy atom. The van der Waals surface area contributed by atoms with Gasteiger partial charge in [-0.2, -0.15) is 0 Å². The molecule has 0 radical (unpaired) electrons. The van der Waals surface area contributed by atoms with Gasteiger partial charge in [-0.15, -0.1) is 0 Å².